The summed E-state index contributed by atoms with van der Waals surface area (Å²) >= 11 is 5.95. The fourth-order valence-corrected chi connectivity index (χ4v) is 2.02. The standard InChI is InChI=1S/C13H18ClN3O2/c1-9-15-12(14)11(7-18)13(16-9)17(2)5-6-19-8-10-3-4-10/h7,10H,3-6,8H2,1-2H3. The first-order valence-corrected chi connectivity index (χ1v) is 6.77. The number of nitrogens with zero attached hydrogens (tertiary/aromatic N) is 3. The molecule has 5 nitrogen and oxygen atoms in total. The second kappa shape index (κ2) is 6.30. The van der Waals surface area contributed by atoms with E-state index in [0.717, 1.165) is 12.5 Å². The van der Waals surface area contributed by atoms with E-state index < -0.39 is 0 Å². The summed E-state index contributed by atoms with van der Waals surface area (Å²) in [5.41, 5.74) is 0.331. The topological polar surface area (TPSA) is 55.3 Å². The van der Waals surface area contributed by atoms with Crippen LogP contribution in [-0.2, 0) is 4.74 Å². The molecule has 0 aromatic carbocycles. The zero-order valence-corrected chi connectivity index (χ0v) is 12.0. The first-order valence-electron chi connectivity index (χ1n) is 6.40. The minimum absolute atomic E-state index is 0.197. The Morgan fingerprint density at radius 3 is 2.84 bits per heavy atom. The molecule has 6 heteroatoms. The van der Waals surface area contributed by atoms with Gasteiger partial charge in [-0.3, -0.25) is 4.79 Å². The Morgan fingerprint density at radius 2 is 2.21 bits per heavy atom. The van der Waals surface area contributed by atoms with Crippen molar-refractivity contribution in [2.24, 2.45) is 5.92 Å². The summed E-state index contributed by atoms with van der Waals surface area (Å²) in [6, 6.07) is 0. The SMILES string of the molecule is Cc1nc(Cl)c(C=O)c(N(C)CCOCC2CC2)n1. The van der Waals surface area contributed by atoms with Crippen molar-refractivity contribution in [3.63, 3.8) is 0 Å². The Morgan fingerprint density at radius 1 is 1.47 bits per heavy atom. The van der Waals surface area contributed by atoms with E-state index in [4.69, 9.17) is 16.3 Å². The lowest BCUT2D eigenvalue weighted by atomic mass is 10.3. The van der Waals surface area contributed by atoms with Crippen LogP contribution in [0.25, 0.3) is 0 Å². The number of carbonyl (C=O) groups excluding carboxylic acids is 1. The highest BCUT2D eigenvalue weighted by Crippen LogP contribution is 2.28. The molecule has 1 saturated carbocycles. The number of hydrogen-bond donors (Lipinski definition) is 0. The molecule has 1 aromatic rings. The van der Waals surface area contributed by atoms with E-state index in [9.17, 15) is 4.79 Å². The normalized spacial score (nSPS) is 14.5. The average molecular weight is 284 g/mol. The Bertz CT molecular complexity index is 463. The molecule has 0 saturated heterocycles. The number of rotatable bonds is 7. The molecule has 0 unspecified atom stereocenters. The van der Waals surface area contributed by atoms with E-state index in [2.05, 4.69) is 9.97 Å². The van der Waals surface area contributed by atoms with E-state index in [-0.39, 0.29) is 5.15 Å². The summed E-state index contributed by atoms with van der Waals surface area (Å²) in [5, 5.41) is 0.197. The lowest BCUT2D eigenvalue weighted by Crippen LogP contribution is -2.25. The quantitative estimate of drug-likeness (QED) is 0.436. The molecule has 0 atom stereocenters. The number of aryl methyl sites for hydroxylation is 1. The number of aldehydes is 1. The maximum absolute atomic E-state index is 11.1. The van der Waals surface area contributed by atoms with Gasteiger partial charge in [0.05, 0.1) is 12.2 Å². The van der Waals surface area contributed by atoms with Gasteiger partial charge in [0.1, 0.15) is 16.8 Å². The fraction of sp³-hybridized carbons (Fsp3) is 0.615. The third kappa shape index (κ3) is 3.88. The van der Waals surface area contributed by atoms with E-state index in [0.29, 0.717) is 36.6 Å². The van der Waals surface area contributed by atoms with Gasteiger partial charge in [0.15, 0.2) is 6.29 Å². The number of halogens is 1. The van der Waals surface area contributed by atoms with Gasteiger partial charge in [0.25, 0.3) is 0 Å². The summed E-state index contributed by atoms with van der Waals surface area (Å²) in [5.74, 6) is 1.87. The maximum Gasteiger partial charge on any atom is 0.156 e. The molecule has 1 aliphatic rings. The van der Waals surface area contributed by atoms with Crippen molar-refractivity contribution in [2.45, 2.75) is 19.8 Å². The van der Waals surface area contributed by atoms with E-state index in [1.165, 1.54) is 12.8 Å². The van der Waals surface area contributed by atoms with Gasteiger partial charge in [-0.1, -0.05) is 11.6 Å². The van der Waals surface area contributed by atoms with Crippen LogP contribution < -0.4 is 4.90 Å². The van der Waals surface area contributed by atoms with Crippen LogP contribution in [0.15, 0.2) is 0 Å². The molecular formula is C13H18ClN3O2. The molecule has 0 radical (unpaired) electrons. The van der Waals surface area contributed by atoms with Crippen molar-refractivity contribution < 1.29 is 9.53 Å². The van der Waals surface area contributed by atoms with Crippen molar-refractivity contribution in [1.82, 2.24) is 9.97 Å². The Labute approximate surface area is 117 Å². The van der Waals surface area contributed by atoms with Crippen molar-refractivity contribution in [1.29, 1.82) is 0 Å². The molecule has 0 amide bonds. The fourth-order valence-electron chi connectivity index (χ4n) is 1.77. The van der Waals surface area contributed by atoms with E-state index in [1.807, 2.05) is 11.9 Å². The van der Waals surface area contributed by atoms with Crippen LogP contribution in [0.5, 0.6) is 0 Å². The van der Waals surface area contributed by atoms with Gasteiger partial charge in [-0.2, -0.15) is 0 Å². The molecule has 104 valence electrons. The van der Waals surface area contributed by atoms with Gasteiger partial charge in [-0.05, 0) is 25.7 Å². The Balaban J connectivity index is 1.96. The van der Waals surface area contributed by atoms with Crippen LogP contribution in [0.4, 0.5) is 5.82 Å². The average Bonchev–Trinajstić information content (AvgIpc) is 3.17. The van der Waals surface area contributed by atoms with Crippen LogP contribution in [0.2, 0.25) is 5.15 Å². The van der Waals surface area contributed by atoms with Gasteiger partial charge >= 0.3 is 0 Å². The van der Waals surface area contributed by atoms with Crippen molar-refractivity contribution in [2.75, 3.05) is 31.7 Å². The zero-order valence-electron chi connectivity index (χ0n) is 11.2. The van der Waals surface area contributed by atoms with Crippen molar-refractivity contribution >= 4 is 23.7 Å². The van der Waals surface area contributed by atoms with Gasteiger partial charge < -0.3 is 9.64 Å². The summed E-state index contributed by atoms with van der Waals surface area (Å²) in [4.78, 5) is 21.2. The Kier molecular flexibility index (Phi) is 4.71. The van der Waals surface area contributed by atoms with Crippen LogP contribution >= 0.6 is 11.6 Å². The lowest BCUT2D eigenvalue weighted by molar-refractivity contribution is 0.112. The number of likely N-dealkylation sites (N-methyl/N-ethyl adjacent to an activating group) is 1. The molecular weight excluding hydrogens is 266 g/mol. The third-order valence-electron chi connectivity index (χ3n) is 3.09. The highest BCUT2D eigenvalue weighted by Gasteiger charge is 2.21. The maximum atomic E-state index is 11.1. The smallest absolute Gasteiger partial charge is 0.156 e. The van der Waals surface area contributed by atoms with Gasteiger partial charge in [0, 0.05) is 20.2 Å². The molecule has 1 aliphatic carbocycles. The zero-order chi connectivity index (χ0) is 13.8. The molecule has 0 aliphatic heterocycles. The number of aromatic nitrogens is 2. The van der Waals surface area contributed by atoms with Crippen LogP contribution in [-0.4, -0.2) is 43.1 Å². The molecule has 0 spiro atoms. The van der Waals surface area contributed by atoms with E-state index >= 15 is 0 Å². The van der Waals surface area contributed by atoms with Crippen LogP contribution in [0.3, 0.4) is 0 Å². The molecule has 2 rings (SSSR count). The van der Waals surface area contributed by atoms with Gasteiger partial charge in [-0.25, -0.2) is 9.97 Å². The lowest BCUT2D eigenvalue weighted by Gasteiger charge is -2.20. The number of hydrogen-bond acceptors (Lipinski definition) is 5. The highest BCUT2D eigenvalue weighted by atomic mass is 35.5. The predicted octanol–water partition coefficient (Wildman–Crippen LogP) is 2.11. The molecule has 19 heavy (non-hydrogen) atoms. The Hall–Kier alpha value is -1.20. The summed E-state index contributed by atoms with van der Waals surface area (Å²) in [6.45, 7) is 3.87. The number of carbonyl (C=O) groups is 1. The second-order valence-electron chi connectivity index (χ2n) is 4.86. The van der Waals surface area contributed by atoms with Gasteiger partial charge in [-0.15, -0.1) is 0 Å². The minimum atomic E-state index is 0.197. The van der Waals surface area contributed by atoms with Crippen molar-refractivity contribution in [3.05, 3.63) is 16.5 Å². The molecule has 1 aromatic heterocycles. The first-order chi connectivity index (χ1) is 9.11. The molecule has 1 heterocycles. The second-order valence-corrected chi connectivity index (χ2v) is 5.21. The highest BCUT2D eigenvalue weighted by molar-refractivity contribution is 6.32. The third-order valence-corrected chi connectivity index (χ3v) is 3.38. The molecule has 0 bridgehead atoms. The summed E-state index contributed by atoms with van der Waals surface area (Å²) < 4.78 is 5.58. The summed E-state index contributed by atoms with van der Waals surface area (Å²) in [6.07, 6.45) is 3.26. The molecule has 0 N–H and O–H groups in total. The molecule has 1 fully saturated rings. The predicted molar refractivity (Wildman–Crippen MR) is 74.0 cm³/mol. The van der Waals surface area contributed by atoms with Crippen molar-refractivity contribution in [3.8, 4) is 0 Å². The monoisotopic (exact) mass is 283 g/mol. The van der Waals surface area contributed by atoms with E-state index in [1.54, 1.807) is 6.92 Å². The largest absolute Gasteiger partial charge is 0.379 e. The van der Waals surface area contributed by atoms with Crippen LogP contribution in [0, 0.1) is 12.8 Å². The van der Waals surface area contributed by atoms with Gasteiger partial charge in [0.2, 0.25) is 0 Å². The number of anilines is 1. The number of ether oxygens (including phenoxy) is 1. The van der Waals surface area contributed by atoms with Crippen LogP contribution in [0.1, 0.15) is 29.0 Å². The minimum Gasteiger partial charge on any atom is -0.379 e. The summed E-state index contributed by atoms with van der Waals surface area (Å²) in [7, 11) is 1.87. The first kappa shape index (κ1) is 14.2.